The van der Waals surface area contributed by atoms with Crippen molar-refractivity contribution in [1.29, 1.82) is 0 Å². The van der Waals surface area contributed by atoms with Crippen molar-refractivity contribution in [2.75, 3.05) is 20.1 Å². The van der Waals surface area contributed by atoms with Gasteiger partial charge in [-0.15, -0.1) is 0 Å². The zero-order valence-corrected chi connectivity index (χ0v) is 26.6. The first-order chi connectivity index (χ1) is 21.8. The molecule has 3 aromatic rings. The lowest BCUT2D eigenvalue weighted by atomic mass is 9.87. The molecule has 1 aliphatic rings. The maximum atomic E-state index is 13.6. The number of alkyl carbamates (subject to hydrolysis) is 1. The molecule has 1 fully saturated rings. The number of amides is 2. The minimum absolute atomic E-state index is 0.152. The lowest BCUT2D eigenvalue weighted by Gasteiger charge is -2.25. The van der Waals surface area contributed by atoms with Gasteiger partial charge in [0.1, 0.15) is 12.6 Å². The predicted octanol–water partition coefficient (Wildman–Crippen LogP) is 6.95. The number of aliphatic carboxylic acids is 1. The van der Waals surface area contributed by atoms with E-state index >= 15 is 0 Å². The van der Waals surface area contributed by atoms with Crippen molar-refractivity contribution < 1.29 is 24.2 Å². The van der Waals surface area contributed by atoms with Gasteiger partial charge < -0.3 is 25.4 Å². The summed E-state index contributed by atoms with van der Waals surface area (Å²) in [6.45, 7) is 4.19. The first-order valence-electron chi connectivity index (χ1n) is 16.2. The van der Waals surface area contributed by atoms with Gasteiger partial charge in [0.05, 0.1) is 0 Å². The summed E-state index contributed by atoms with van der Waals surface area (Å²) in [5.41, 5.74) is 5.19. The standard InChI is InChI=1S/C37H47N3O5/c1-27-12-9-10-17-31(27)33-24-30(25-40(2)23-21-28-13-5-3-6-14-28)19-20-32(33)35(41)39-34(36(42)43)18-11-22-38-37(44)45-26-29-15-7-4-8-16-29/h4,7-10,12,15-17,19-20,24,28,34H,3,5-6,11,13-14,18,21-23,25-26H2,1-2H3,(H,38,44)(H,39,41)(H,42,43)/t34-/m0/s1. The van der Waals surface area contributed by atoms with Gasteiger partial charge in [-0.3, -0.25) is 4.79 Å². The fourth-order valence-electron chi connectivity index (χ4n) is 6.02. The summed E-state index contributed by atoms with van der Waals surface area (Å²) >= 11 is 0. The lowest BCUT2D eigenvalue weighted by Crippen LogP contribution is -2.41. The van der Waals surface area contributed by atoms with Crippen molar-refractivity contribution in [2.45, 2.75) is 77.5 Å². The second kappa shape index (κ2) is 17.4. The molecule has 1 saturated carbocycles. The minimum Gasteiger partial charge on any atom is -0.480 e. The Hall–Kier alpha value is -4.17. The average Bonchev–Trinajstić information content (AvgIpc) is 3.05. The topological polar surface area (TPSA) is 108 Å². The van der Waals surface area contributed by atoms with Crippen LogP contribution in [0.1, 0.15) is 78.4 Å². The van der Waals surface area contributed by atoms with E-state index in [2.05, 4.69) is 28.6 Å². The molecule has 3 aromatic carbocycles. The molecule has 3 N–H and O–H groups in total. The Bertz CT molecular complexity index is 1400. The summed E-state index contributed by atoms with van der Waals surface area (Å²) in [5.74, 6) is -0.738. The molecule has 4 rings (SSSR count). The normalized spacial score (nSPS) is 14.1. The fraction of sp³-hybridized carbons (Fsp3) is 0.432. The molecule has 2 amide bonds. The molecule has 0 radical (unpaired) electrons. The number of carbonyl (C=O) groups is 3. The van der Waals surface area contributed by atoms with Crippen LogP contribution in [0.15, 0.2) is 72.8 Å². The average molecular weight is 614 g/mol. The molecule has 0 aromatic heterocycles. The number of carbonyl (C=O) groups excluding carboxylic acids is 2. The summed E-state index contributed by atoms with van der Waals surface area (Å²) in [7, 11) is 2.15. The molecule has 1 atom stereocenters. The number of rotatable bonds is 15. The van der Waals surface area contributed by atoms with Crippen LogP contribution in [-0.2, 0) is 22.7 Å². The first-order valence-corrected chi connectivity index (χ1v) is 16.2. The molecule has 0 saturated heterocycles. The summed E-state index contributed by atoms with van der Waals surface area (Å²) < 4.78 is 5.21. The second-order valence-electron chi connectivity index (χ2n) is 12.2. The Labute approximate surface area is 267 Å². The summed E-state index contributed by atoms with van der Waals surface area (Å²) in [6.07, 6.45) is 7.89. The van der Waals surface area contributed by atoms with Gasteiger partial charge in [-0.1, -0.05) is 92.8 Å². The van der Waals surface area contributed by atoms with E-state index in [9.17, 15) is 19.5 Å². The number of nitrogens with one attached hydrogen (secondary N) is 2. The molecule has 0 bridgehead atoms. The van der Waals surface area contributed by atoms with Gasteiger partial charge in [-0.05, 0) is 85.6 Å². The molecule has 0 unspecified atom stereocenters. The third-order valence-electron chi connectivity index (χ3n) is 8.62. The highest BCUT2D eigenvalue weighted by Crippen LogP contribution is 2.30. The number of nitrogens with zero attached hydrogens (tertiary/aromatic N) is 1. The van der Waals surface area contributed by atoms with E-state index in [1.54, 1.807) is 0 Å². The number of carboxylic acids is 1. The van der Waals surface area contributed by atoms with Crippen molar-refractivity contribution >= 4 is 18.0 Å². The van der Waals surface area contributed by atoms with Gasteiger partial charge >= 0.3 is 12.1 Å². The van der Waals surface area contributed by atoms with Crippen LogP contribution in [0.3, 0.4) is 0 Å². The molecule has 240 valence electrons. The van der Waals surface area contributed by atoms with Gasteiger partial charge in [0.25, 0.3) is 5.91 Å². The van der Waals surface area contributed by atoms with Gasteiger partial charge in [0.2, 0.25) is 0 Å². The maximum absolute atomic E-state index is 13.6. The van der Waals surface area contributed by atoms with E-state index in [-0.39, 0.29) is 19.6 Å². The Morgan fingerprint density at radius 3 is 2.40 bits per heavy atom. The molecule has 0 spiro atoms. The van der Waals surface area contributed by atoms with Crippen LogP contribution in [0, 0.1) is 12.8 Å². The van der Waals surface area contributed by atoms with Gasteiger partial charge in [0, 0.05) is 18.7 Å². The van der Waals surface area contributed by atoms with Crippen LogP contribution in [0.2, 0.25) is 0 Å². The van der Waals surface area contributed by atoms with Gasteiger partial charge in [0.15, 0.2) is 0 Å². The van der Waals surface area contributed by atoms with E-state index in [0.717, 1.165) is 46.8 Å². The Morgan fingerprint density at radius 1 is 0.933 bits per heavy atom. The Kier molecular flexibility index (Phi) is 13.0. The summed E-state index contributed by atoms with van der Waals surface area (Å²) in [6, 6.07) is 22.0. The van der Waals surface area contributed by atoms with Gasteiger partial charge in [-0.2, -0.15) is 0 Å². The molecule has 45 heavy (non-hydrogen) atoms. The minimum atomic E-state index is -1.12. The van der Waals surface area contributed by atoms with Crippen LogP contribution < -0.4 is 10.6 Å². The van der Waals surface area contributed by atoms with Crippen LogP contribution >= 0.6 is 0 Å². The van der Waals surface area contributed by atoms with E-state index in [4.69, 9.17) is 4.74 Å². The van der Waals surface area contributed by atoms with Crippen molar-refractivity contribution in [3.8, 4) is 11.1 Å². The van der Waals surface area contributed by atoms with Crippen molar-refractivity contribution in [3.63, 3.8) is 0 Å². The number of ether oxygens (including phenoxy) is 1. The van der Waals surface area contributed by atoms with Crippen LogP contribution in [0.5, 0.6) is 0 Å². The number of carboxylic acid groups (broad SMARTS) is 1. The first kappa shape index (κ1) is 33.7. The highest BCUT2D eigenvalue weighted by molar-refractivity contribution is 6.02. The number of aryl methyl sites for hydroxylation is 1. The van der Waals surface area contributed by atoms with E-state index in [1.807, 2.05) is 73.7 Å². The highest BCUT2D eigenvalue weighted by atomic mass is 16.5. The molecule has 8 heteroatoms. The molecule has 1 aliphatic carbocycles. The van der Waals surface area contributed by atoms with Crippen LogP contribution in [0.4, 0.5) is 4.79 Å². The van der Waals surface area contributed by atoms with E-state index in [0.29, 0.717) is 12.0 Å². The lowest BCUT2D eigenvalue weighted by molar-refractivity contribution is -0.139. The van der Waals surface area contributed by atoms with Crippen molar-refractivity contribution in [1.82, 2.24) is 15.5 Å². The number of hydrogen-bond donors (Lipinski definition) is 3. The zero-order chi connectivity index (χ0) is 32.0. The molecule has 0 heterocycles. The molecular formula is C37H47N3O5. The highest BCUT2D eigenvalue weighted by Gasteiger charge is 2.23. The second-order valence-corrected chi connectivity index (χ2v) is 12.2. The third kappa shape index (κ3) is 10.7. The maximum Gasteiger partial charge on any atom is 0.407 e. The van der Waals surface area contributed by atoms with Crippen LogP contribution in [0.25, 0.3) is 11.1 Å². The quantitative estimate of drug-likeness (QED) is 0.160. The number of benzene rings is 3. The summed E-state index contributed by atoms with van der Waals surface area (Å²) in [4.78, 5) is 40.0. The predicted molar refractivity (Wildman–Crippen MR) is 177 cm³/mol. The largest absolute Gasteiger partial charge is 0.480 e. The molecular weight excluding hydrogens is 566 g/mol. The van der Waals surface area contributed by atoms with Crippen molar-refractivity contribution in [2.24, 2.45) is 5.92 Å². The van der Waals surface area contributed by atoms with E-state index in [1.165, 1.54) is 38.5 Å². The van der Waals surface area contributed by atoms with Gasteiger partial charge in [-0.25, -0.2) is 9.59 Å². The monoisotopic (exact) mass is 613 g/mol. The Balaban J connectivity index is 1.36. The van der Waals surface area contributed by atoms with Crippen molar-refractivity contribution in [3.05, 3.63) is 95.1 Å². The third-order valence-corrected chi connectivity index (χ3v) is 8.62. The Morgan fingerprint density at radius 2 is 1.67 bits per heavy atom. The SMILES string of the molecule is Cc1ccccc1-c1cc(CN(C)CCC2CCCCC2)ccc1C(=O)N[C@@H](CCCNC(=O)OCc1ccccc1)C(=O)O. The summed E-state index contributed by atoms with van der Waals surface area (Å²) in [5, 5.41) is 15.2. The smallest absolute Gasteiger partial charge is 0.407 e. The molecule has 0 aliphatic heterocycles. The van der Waals surface area contributed by atoms with Crippen LogP contribution in [-0.4, -0.2) is 54.2 Å². The molecule has 8 nitrogen and oxygen atoms in total. The number of hydrogen-bond acceptors (Lipinski definition) is 5. The van der Waals surface area contributed by atoms with E-state index < -0.39 is 24.0 Å². The zero-order valence-electron chi connectivity index (χ0n) is 26.6. The fourth-order valence-corrected chi connectivity index (χ4v) is 6.02.